The quantitative estimate of drug-likeness (QED) is 0.326. The van der Waals surface area contributed by atoms with Gasteiger partial charge in [0.25, 0.3) is 5.91 Å². The van der Waals surface area contributed by atoms with Gasteiger partial charge in [0, 0.05) is 55.7 Å². The zero-order chi connectivity index (χ0) is 29.5. The number of alkyl halides is 3. The molecule has 8 nitrogen and oxygen atoms in total. The summed E-state index contributed by atoms with van der Waals surface area (Å²) in [5, 5.41) is 5.45. The number of aromatic nitrogens is 2. The van der Waals surface area contributed by atoms with Crippen LogP contribution in [0.4, 0.5) is 30.4 Å². The third kappa shape index (κ3) is 6.19. The molecule has 1 atom stereocenters. The van der Waals surface area contributed by atoms with Crippen molar-refractivity contribution in [3.8, 4) is 11.1 Å². The Kier molecular flexibility index (Phi) is 7.48. The fourth-order valence-corrected chi connectivity index (χ4v) is 5.20. The van der Waals surface area contributed by atoms with Gasteiger partial charge >= 0.3 is 6.18 Å². The average Bonchev–Trinajstić information content (AvgIpc) is 3.29. The molecule has 3 heterocycles. The highest BCUT2D eigenvalue weighted by atomic mass is 19.4. The van der Waals surface area contributed by atoms with Crippen molar-refractivity contribution in [2.24, 2.45) is 0 Å². The molecular weight excluding hydrogens is 533 g/mol. The number of hydrogen-bond acceptors (Lipinski definition) is 5. The molecule has 1 saturated heterocycles. The smallest absolute Gasteiger partial charge is 0.366 e. The Labute approximate surface area is 235 Å². The predicted molar refractivity (Wildman–Crippen MR) is 153 cm³/mol. The average molecular weight is 565 g/mol. The molecule has 1 aliphatic rings. The van der Waals surface area contributed by atoms with Crippen LogP contribution in [-0.4, -0.2) is 58.8 Å². The van der Waals surface area contributed by atoms with Crippen LogP contribution in [0.1, 0.15) is 35.3 Å². The maximum atomic E-state index is 13.8. The second-order valence-corrected chi connectivity index (χ2v) is 10.5. The van der Waals surface area contributed by atoms with Crippen molar-refractivity contribution in [2.45, 2.75) is 33.0 Å². The zero-order valence-corrected chi connectivity index (χ0v) is 23.2. The molecule has 2 amide bonds. The third-order valence-electron chi connectivity index (χ3n) is 7.23. The maximum Gasteiger partial charge on any atom is 0.416 e. The van der Waals surface area contributed by atoms with E-state index < -0.39 is 17.6 Å². The first-order valence-corrected chi connectivity index (χ1v) is 13.2. The first-order chi connectivity index (χ1) is 19.4. The van der Waals surface area contributed by atoms with E-state index in [2.05, 4.69) is 20.5 Å². The van der Waals surface area contributed by atoms with Crippen LogP contribution >= 0.6 is 0 Å². The first kappa shape index (κ1) is 28.2. The summed E-state index contributed by atoms with van der Waals surface area (Å²) in [5.41, 5.74) is 3.16. The van der Waals surface area contributed by atoms with Crippen molar-refractivity contribution in [3.05, 3.63) is 77.6 Å². The lowest BCUT2D eigenvalue weighted by atomic mass is 10.0. The molecule has 0 bridgehead atoms. The molecule has 2 aromatic heterocycles. The standard InChI is InChI=1S/C30H31F3N6O2/c1-18-5-7-24(14-26(18)21-6-8-28-36-27(34-20(3)40)17-38(28)16-21)35-29(41)22-11-23(30(31,32)33)13-25(12-22)39-10-9-37(4)15-19(39)2/h5-8,11-14,16-17,19H,9-10,15H2,1-4H3,(H,34,40)(H,35,41)/t19-/m0/s1. The molecular formula is C30H31F3N6O2. The topological polar surface area (TPSA) is 82.0 Å². The van der Waals surface area contributed by atoms with Crippen LogP contribution < -0.4 is 15.5 Å². The summed E-state index contributed by atoms with van der Waals surface area (Å²) in [6.45, 7) is 7.29. The molecule has 0 unspecified atom stereocenters. The second kappa shape index (κ2) is 10.9. The molecule has 0 radical (unpaired) electrons. The Morgan fingerprint density at radius 2 is 1.78 bits per heavy atom. The van der Waals surface area contributed by atoms with Gasteiger partial charge in [-0.25, -0.2) is 4.98 Å². The van der Waals surface area contributed by atoms with Crippen LogP contribution in [-0.2, 0) is 11.0 Å². The number of rotatable bonds is 5. The van der Waals surface area contributed by atoms with Crippen molar-refractivity contribution in [3.63, 3.8) is 0 Å². The van der Waals surface area contributed by atoms with Crippen molar-refractivity contribution >= 4 is 34.7 Å². The van der Waals surface area contributed by atoms with Crippen LogP contribution in [0.5, 0.6) is 0 Å². The van der Waals surface area contributed by atoms with Gasteiger partial charge in [-0.05, 0) is 80.1 Å². The van der Waals surface area contributed by atoms with E-state index in [1.807, 2.05) is 50.2 Å². The van der Waals surface area contributed by atoms with Gasteiger partial charge in [0.1, 0.15) is 5.65 Å². The summed E-state index contributed by atoms with van der Waals surface area (Å²) in [6.07, 6.45) is -1.03. The van der Waals surface area contributed by atoms with Crippen LogP contribution in [0.15, 0.2) is 60.9 Å². The lowest BCUT2D eigenvalue weighted by Crippen LogP contribution is -2.50. The largest absolute Gasteiger partial charge is 0.416 e. The summed E-state index contributed by atoms with van der Waals surface area (Å²) in [5.74, 6) is -0.420. The van der Waals surface area contributed by atoms with Crippen LogP contribution in [0.3, 0.4) is 0 Å². The summed E-state index contributed by atoms with van der Waals surface area (Å²) in [6, 6.07) is 12.6. The Hall–Kier alpha value is -4.38. The Balaban J connectivity index is 1.44. The van der Waals surface area contributed by atoms with Gasteiger partial charge in [0.2, 0.25) is 5.91 Å². The van der Waals surface area contributed by atoms with E-state index in [0.717, 1.165) is 28.8 Å². The highest BCUT2D eigenvalue weighted by molar-refractivity contribution is 6.05. The van der Waals surface area contributed by atoms with Gasteiger partial charge in [0.15, 0.2) is 5.82 Å². The molecule has 214 valence electrons. The van der Waals surface area contributed by atoms with Gasteiger partial charge in [-0.15, -0.1) is 0 Å². The minimum absolute atomic E-state index is 0.00467. The fraction of sp³-hybridized carbons (Fsp3) is 0.300. The van der Waals surface area contributed by atoms with E-state index in [0.29, 0.717) is 42.5 Å². The molecule has 41 heavy (non-hydrogen) atoms. The number of carbonyl (C=O) groups is 2. The SMILES string of the molecule is CC(=O)Nc1cn2cc(-c3cc(NC(=O)c4cc(N5CCN(C)C[C@@H]5C)cc(C(F)(F)F)c4)ccc3C)ccc2n1. The minimum Gasteiger partial charge on any atom is -0.366 e. The van der Waals surface area contributed by atoms with Gasteiger partial charge in [-0.2, -0.15) is 13.2 Å². The Morgan fingerprint density at radius 3 is 2.49 bits per heavy atom. The molecule has 0 aliphatic carbocycles. The number of nitrogens with one attached hydrogen (secondary N) is 2. The van der Waals surface area contributed by atoms with Crippen molar-refractivity contribution < 1.29 is 22.8 Å². The number of halogens is 3. The number of anilines is 3. The molecule has 4 aromatic rings. The normalized spacial score (nSPS) is 16.2. The zero-order valence-electron chi connectivity index (χ0n) is 23.2. The molecule has 1 fully saturated rings. The minimum atomic E-state index is -4.59. The van der Waals surface area contributed by atoms with Crippen molar-refractivity contribution in [1.82, 2.24) is 14.3 Å². The molecule has 1 aliphatic heterocycles. The third-order valence-corrected chi connectivity index (χ3v) is 7.23. The maximum absolute atomic E-state index is 13.8. The summed E-state index contributed by atoms with van der Waals surface area (Å²) in [7, 11) is 1.98. The van der Waals surface area contributed by atoms with Crippen LogP contribution in [0.25, 0.3) is 16.8 Å². The number of amides is 2. The highest BCUT2D eigenvalue weighted by Gasteiger charge is 2.33. The Bertz CT molecular complexity index is 1630. The van der Waals surface area contributed by atoms with Crippen molar-refractivity contribution in [1.29, 1.82) is 0 Å². The number of imidazole rings is 1. The number of fused-ring (bicyclic) bond motifs is 1. The Morgan fingerprint density at radius 1 is 1.00 bits per heavy atom. The number of pyridine rings is 1. The molecule has 2 N–H and O–H groups in total. The van der Waals surface area contributed by atoms with Crippen molar-refractivity contribution in [2.75, 3.05) is 42.2 Å². The molecule has 0 saturated carbocycles. The number of nitrogens with zero attached hydrogens (tertiary/aromatic N) is 4. The predicted octanol–water partition coefficient (Wildman–Crippen LogP) is 5.68. The second-order valence-electron chi connectivity index (χ2n) is 10.5. The van der Waals surface area contributed by atoms with E-state index in [1.165, 1.54) is 13.0 Å². The molecule has 2 aromatic carbocycles. The van der Waals surface area contributed by atoms with Gasteiger partial charge in [-0.3, -0.25) is 9.59 Å². The van der Waals surface area contributed by atoms with Gasteiger partial charge in [0.05, 0.1) is 11.8 Å². The fourth-order valence-electron chi connectivity index (χ4n) is 5.20. The lowest BCUT2D eigenvalue weighted by Gasteiger charge is -2.40. The van der Waals surface area contributed by atoms with Crippen LogP contribution in [0, 0.1) is 6.92 Å². The highest BCUT2D eigenvalue weighted by Crippen LogP contribution is 2.35. The number of aryl methyl sites for hydroxylation is 1. The number of carbonyl (C=O) groups excluding carboxylic acids is 2. The summed E-state index contributed by atoms with van der Waals surface area (Å²) >= 11 is 0. The monoisotopic (exact) mass is 564 g/mol. The van der Waals surface area contributed by atoms with E-state index in [-0.39, 0.29) is 17.5 Å². The summed E-state index contributed by atoms with van der Waals surface area (Å²) < 4.78 is 43.3. The lowest BCUT2D eigenvalue weighted by molar-refractivity contribution is -0.137. The molecule has 0 spiro atoms. The molecule has 11 heteroatoms. The van der Waals surface area contributed by atoms with E-state index in [9.17, 15) is 22.8 Å². The number of likely N-dealkylation sites (N-methyl/N-ethyl adjacent to an activating group) is 1. The van der Waals surface area contributed by atoms with Crippen LogP contribution in [0.2, 0.25) is 0 Å². The number of piperazine rings is 1. The first-order valence-electron chi connectivity index (χ1n) is 13.2. The van der Waals surface area contributed by atoms with E-state index in [1.54, 1.807) is 22.7 Å². The van der Waals surface area contributed by atoms with E-state index >= 15 is 0 Å². The van der Waals surface area contributed by atoms with E-state index in [4.69, 9.17) is 0 Å². The van der Waals surface area contributed by atoms with Gasteiger partial charge in [-0.1, -0.05) is 6.07 Å². The number of hydrogen-bond donors (Lipinski definition) is 2. The summed E-state index contributed by atoms with van der Waals surface area (Å²) in [4.78, 5) is 33.1. The van der Waals surface area contributed by atoms with Gasteiger partial charge < -0.3 is 24.8 Å². The molecule has 5 rings (SSSR count). The number of benzene rings is 2.